The Kier molecular flexibility index (Phi) is 10.3. The monoisotopic (exact) mass is 534 g/mol. The first kappa shape index (κ1) is 29.4. The van der Waals surface area contributed by atoms with Crippen LogP contribution in [0.4, 0.5) is 4.79 Å². The number of ketones is 1. The lowest BCUT2D eigenvalue weighted by molar-refractivity contribution is -0.123. The minimum Gasteiger partial charge on any atom is -0.453 e. The number of hydrogen-bond donors (Lipinski definition) is 2. The summed E-state index contributed by atoms with van der Waals surface area (Å²) in [6.45, 7) is 4.71. The Morgan fingerprint density at radius 1 is 1.13 bits per heavy atom. The molecule has 39 heavy (non-hydrogen) atoms. The third kappa shape index (κ3) is 8.17. The number of H-pyrrole nitrogens is 1. The van der Waals surface area contributed by atoms with E-state index in [2.05, 4.69) is 41.0 Å². The lowest BCUT2D eigenvalue weighted by Crippen LogP contribution is -2.42. The van der Waals surface area contributed by atoms with Crippen molar-refractivity contribution in [2.45, 2.75) is 52.1 Å². The number of benzene rings is 1. The highest BCUT2D eigenvalue weighted by Crippen LogP contribution is 2.22. The van der Waals surface area contributed by atoms with Gasteiger partial charge in [0.1, 0.15) is 0 Å². The Morgan fingerprint density at radius 2 is 1.87 bits per heavy atom. The van der Waals surface area contributed by atoms with Crippen molar-refractivity contribution in [3.63, 3.8) is 0 Å². The van der Waals surface area contributed by atoms with Crippen LogP contribution in [0, 0.1) is 5.92 Å². The molecule has 2 N–H and O–H groups in total. The number of aromatic amines is 1. The molecule has 0 unspecified atom stereocenters. The average molecular weight is 535 g/mol. The number of amides is 2. The summed E-state index contributed by atoms with van der Waals surface area (Å²) in [6, 6.07) is 10.8. The topological polar surface area (TPSA) is 114 Å². The quantitative estimate of drug-likeness (QED) is 0.343. The normalized spacial score (nSPS) is 12.2. The fourth-order valence-electron chi connectivity index (χ4n) is 4.42. The van der Waals surface area contributed by atoms with Crippen LogP contribution in [0.25, 0.3) is 10.9 Å². The van der Waals surface area contributed by atoms with E-state index in [9.17, 15) is 19.2 Å². The molecule has 3 aromatic rings. The van der Waals surface area contributed by atoms with E-state index in [1.165, 1.54) is 23.6 Å². The number of allylic oxidation sites excluding steroid dienone is 1. The Labute approximate surface area is 228 Å². The first-order valence-electron chi connectivity index (χ1n) is 13.1. The largest absolute Gasteiger partial charge is 0.453 e. The molecule has 208 valence electrons. The van der Waals surface area contributed by atoms with E-state index in [0.717, 1.165) is 23.0 Å². The summed E-state index contributed by atoms with van der Waals surface area (Å²) >= 11 is 0. The number of ether oxygens (including phenoxy) is 1. The summed E-state index contributed by atoms with van der Waals surface area (Å²) in [4.78, 5) is 54.9. The molecule has 1 atom stereocenters. The van der Waals surface area contributed by atoms with Gasteiger partial charge in [-0.1, -0.05) is 44.2 Å². The van der Waals surface area contributed by atoms with Crippen LogP contribution in [0.2, 0.25) is 0 Å². The number of fused-ring (bicyclic) bond motifs is 1. The van der Waals surface area contributed by atoms with Crippen LogP contribution < -0.4 is 10.9 Å². The van der Waals surface area contributed by atoms with Gasteiger partial charge < -0.3 is 24.5 Å². The molecule has 0 saturated heterocycles. The molecule has 0 aliphatic rings. The molecule has 0 bridgehead atoms. The van der Waals surface area contributed by atoms with Gasteiger partial charge in [-0.3, -0.25) is 14.4 Å². The predicted molar refractivity (Wildman–Crippen MR) is 152 cm³/mol. The smallest absolute Gasteiger partial charge is 0.407 e. The molecule has 9 nitrogen and oxygen atoms in total. The van der Waals surface area contributed by atoms with Gasteiger partial charge in [-0.15, -0.1) is 0 Å². The van der Waals surface area contributed by atoms with Crippen molar-refractivity contribution >= 4 is 28.7 Å². The Hall–Kier alpha value is -4.14. The maximum Gasteiger partial charge on any atom is 0.407 e. The van der Waals surface area contributed by atoms with Crippen molar-refractivity contribution in [3.8, 4) is 0 Å². The number of alkyl carbamates (subject to hydrolysis) is 1. The number of carbonyl (C=O) groups is 3. The highest BCUT2D eigenvalue weighted by molar-refractivity contribution is 5.89. The second-order valence-electron chi connectivity index (χ2n) is 10.3. The maximum atomic E-state index is 13.3. The fraction of sp³-hybridized carbons (Fsp3) is 0.400. The van der Waals surface area contributed by atoms with Gasteiger partial charge in [-0.25, -0.2) is 4.79 Å². The minimum absolute atomic E-state index is 0.139. The summed E-state index contributed by atoms with van der Waals surface area (Å²) in [6.07, 6.45) is 5.51. The molecule has 2 amide bonds. The summed E-state index contributed by atoms with van der Waals surface area (Å²) in [5.41, 5.74) is 3.30. The Balaban J connectivity index is 1.75. The highest BCUT2D eigenvalue weighted by Gasteiger charge is 2.22. The number of nitrogens with zero attached hydrogens (tertiary/aromatic N) is 2. The maximum absolute atomic E-state index is 13.3. The van der Waals surface area contributed by atoms with E-state index in [0.29, 0.717) is 24.4 Å². The third-order valence-corrected chi connectivity index (χ3v) is 6.42. The molecule has 0 fully saturated rings. The van der Waals surface area contributed by atoms with Crippen molar-refractivity contribution in [3.05, 3.63) is 81.9 Å². The number of methoxy groups -OCH3 is 1. The van der Waals surface area contributed by atoms with Gasteiger partial charge in [0.15, 0.2) is 5.78 Å². The molecular weight excluding hydrogens is 496 g/mol. The number of aromatic nitrogens is 2. The molecule has 2 heterocycles. The van der Waals surface area contributed by atoms with Gasteiger partial charge in [0.25, 0.3) is 5.56 Å². The second-order valence-corrected chi connectivity index (χ2v) is 10.3. The number of nitrogens with one attached hydrogen (secondary N) is 2. The van der Waals surface area contributed by atoms with E-state index in [1.54, 1.807) is 43.1 Å². The van der Waals surface area contributed by atoms with Gasteiger partial charge >= 0.3 is 6.09 Å². The third-order valence-electron chi connectivity index (χ3n) is 6.42. The Morgan fingerprint density at radius 3 is 2.56 bits per heavy atom. The molecule has 0 aliphatic carbocycles. The average Bonchev–Trinajstić information content (AvgIpc) is 3.31. The van der Waals surface area contributed by atoms with E-state index >= 15 is 0 Å². The molecule has 1 aromatic carbocycles. The lowest BCUT2D eigenvalue weighted by atomic mass is 10.0. The minimum atomic E-state index is -0.863. The van der Waals surface area contributed by atoms with Crippen LogP contribution in [0.5, 0.6) is 0 Å². The van der Waals surface area contributed by atoms with E-state index in [4.69, 9.17) is 0 Å². The molecule has 0 aliphatic heterocycles. The van der Waals surface area contributed by atoms with Crippen LogP contribution in [-0.4, -0.2) is 59.5 Å². The summed E-state index contributed by atoms with van der Waals surface area (Å²) in [5.74, 6) is 0.0366. The van der Waals surface area contributed by atoms with Crippen molar-refractivity contribution < 1.29 is 19.1 Å². The molecule has 0 radical (unpaired) electrons. The number of hydrogen-bond acceptors (Lipinski definition) is 5. The van der Waals surface area contributed by atoms with Gasteiger partial charge in [-0.05, 0) is 54.3 Å². The highest BCUT2D eigenvalue weighted by atomic mass is 16.5. The zero-order valence-electron chi connectivity index (χ0n) is 23.3. The zero-order chi connectivity index (χ0) is 28.5. The summed E-state index contributed by atoms with van der Waals surface area (Å²) in [7, 11) is 4.51. The number of Topliss-reactive ketones (excluding diaryl/α,β-unsaturated/α-hetero) is 1. The number of para-hydroxylation sites is 1. The molecule has 3 rings (SSSR count). The predicted octanol–water partition coefficient (Wildman–Crippen LogP) is 3.84. The first-order valence-corrected chi connectivity index (χ1v) is 13.1. The van der Waals surface area contributed by atoms with E-state index in [-0.39, 0.29) is 30.1 Å². The molecule has 0 saturated carbocycles. The summed E-state index contributed by atoms with van der Waals surface area (Å²) < 4.78 is 6.25. The van der Waals surface area contributed by atoms with Crippen LogP contribution in [0.15, 0.2) is 59.5 Å². The SMILES string of the molecule is COC(=O)N[C@@H](CC/C=C/C(=O)N(C)C)C(=O)Cc1cccn(Cc2cc3cccc(CC(C)C)c3[nH]2)c1=O. The molecular formula is C30H38N4O5. The number of likely N-dealkylation sites (N-methyl/N-ethyl adjacent to an activating group) is 1. The standard InChI is InChI=1S/C30H38N4O5/c1-20(2)16-21-10-8-11-22-17-24(31-28(21)22)19-34-15-9-12-23(29(34)37)18-26(35)25(32-30(38)39-5)13-6-7-14-27(36)33(3)4/h7-12,14-15,17,20,25,31H,6,13,16,18-19H2,1-5H3,(H,32,38)/b14-7+/t25-/m0/s1. The van der Waals surface area contributed by atoms with E-state index < -0.39 is 12.1 Å². The fourth-order valence-corrected chi connectivity index (χ4v) is 4.42. The van der Waals surface area contributed by atoms with Crippen molar-refractivity contribution in [1.29, 1.82) is 0 Å². The number of rotatable bonds is 12. The van der Waals surface area contributed by atoms with Crippen LogP contribution in [0.3, 0.4) is 0 Å². The van der Waals surface area contributed by atoms with Crippen molar-refractivity contribution in [2.75, 3.05) is 21.2 Å². The summed E-state index contributed by atoms with van der Waals surface area (Å²) in [5, 5.41) is 3.65. The van der Waals surface area contributed by atoms with Crippen LogP contribution in [-0.2, 0) is 33.7 Å². The lowest BCUT2D eigenvalue weighted by Gasteiger charge is -2.16. The number of carbonyl (C=O) groups excluding carboxylic acids is 3. The van der Waals surface area contributed by atoms with Crippen molar-refractivity contribution in [1.82, 2.24) is 19.8 Å². The zero-order valence-corrected chi connectivity index (χ0v) is 23.3. The van der Waals surface area contributed by atoms with Crippen molar-refractivity contribution in [2.24, 2.45) is 5.92 Å². The van der Waals surface area contributed by atoms with Gasteiger partial charge in [0, 0.05) is 43.5 Å². The van der Waals surface area contributed by atoms with Gasteiger partial charge in [0.2, 0.25) is 5.91 Å². The van der Waals surface area contributed by atoms with E-state index in [1.807, 2.05) is 12.1 Å². The van der Waals surface area contributed by atoms with Gasteiger partial charge in [0.05, 0.1) is 19.7 Å². The Bertz CT molecular complexity index is 1400. The molecule has 9 heteroatoms. The van der Waals surface area contributed by atoms with Gasteiger partial charge in [-0.2, -0.15) is 0 Å². The first-order chi connectivity index (χ1) is 18.6. The molecule has 2 aromatic heterocycles. The second kappa shape index (κ2) is 13.6. The van der Waals surface area contributed by atoms with Crippen LogP contribution in [0.1, 0.15) is 43.5 Å². The van der Waals surface area contributed by atoms with Crippen LogP contribution >= 0.6 is 0 Å². The molecule has 0 spiro atoms. The number of pyridine rings is 1.